The smallest absolute Gasteiger partial charge is 0.245 e. The van der Waals surface area contributed by atoms with Crippen LogP contribution >= 0.6 is 0 Å². The van der Waals surface area contributed by atoms with Crippen LogP contribution in [0.1, 0.15) is 32.1 Å². The van der Waals surface area contributed by atoms with Crippen molar-refractivity contribution in [1.29, 1.82) is 0 Å². The maximum Gasteiger partial charge on any atom is 0.245 e. The van der Waals surface area contributed by atoms with Crippen LogP contribution in [0.3, 0.4) is 0 Å². The average molecular weight is 474 g/mol. The Labute approximate surface area is 194 Å². The number of carbonyl (C=O) groups is 1. The summed E-state index contributed by atoms with van der Waals surface area (Å²) in [6, 6.07) is 8.97. The van der Waals surface area contributed by atoms with E-state index in [0.29, 0.717) is 70.8 Å². The van der Waals surface area contributed by atoms with Gasteiger partial charge in [0.05, 0.1) is 24.3 Å². The van der Waals surface area contributed by atoms with Crippen molar-refractivity contribution in [3.05, 3.63) is 36.5 Å². The zero-order valence-corrected chi connectivity index (χ0v) is 19.6. The molecule has 3 fully saturated rings. The maximum absolute atomic E-state index is 13.4. The molecule has 3 aliphatic heterocycles. The van der Waals surface area contributed by atoms with E-state index in [9.17, 15) is 13.2 Å². The Hall–Kier alpha value is -2.07. The lowest BCUT2D eigenvalue weighted by Gasteiger charge is -2.46. The lowest BCUT2D eigenvalue weighted by atomic mass is 9.78. The Balaban J connectivity index is 1.24. The summed E-state index contributed by atoms with van der Waals surface area (Å²) in [5, 5.41) is 0.815. The van der Waals surface area contributed by atoms with Gasteiger partial charge in [-0.3, -0.25) is 9.78 Å². The number of nitrogens with zero attached hydrogens (tertiary/aromatic N) is 3. The molecule has 2 aromatic rings. The number of ether oxygens (including phenoxy) is 2. The molecular weight excluding hydrogens is 442 g/mol. The first-order chi connectivity index (χ1) is 16.0. The Morgan fingerprint density at radius 1 is 1.06 bits per heavy atom. The molecule has 3 aliphatic rings. The second-order valence-corrected chi connectivity index (χ2v) is 11.2. The third-order valence-corrected chi connectivity index (χ3v) is 9.20. The van der Waals surface area contributed by atoms with Gasteiger partial charge in [0.25, 0.3) is 0 Å². The topological polar surface area (TPSA) is 89.0 Å². The van der Waals surface area contributed by atoms with Gasteiger partial charge in [-0.05, 0) is 43.7 Å². The number of hydrogen-bond donors (Lipinski definition) is 0. The summed E-state index contributed by atoms with van der Waals surface area (Å²) in [6.07, 6.45) is 5.14. The van der Waals surface area contributed by atoms with Gasteiger partial charge in [0.2, 0.25) is 15.9 Å². The molecule has 0 saturated carbocycles. The van der Waals surface area contributed by atoms with Gasteiger partial charge in [0.15, 0.2) is 0 Å². The van der Waals surface area contributed by atoms with Gasteiger partial charge in [-0.15, -0.1) is 0 Å². The lowest BCUT2D eigenvalue weighted by Crippen LogP contribution is -2.51. The average Bonchev–Trinajstić information content (AvgIpc) is 2.84. The zero-order valence-electron chi connectivity index (χ0n) is 18.8. The molecule has 0 N–H and O–H groups in total. The summed E-state index contributed by atoms with van der Waals surface area (Å²) in [6.45, 7) is 4.01. The first-order valence-corrected chi connectivity index (χ1v) is 13.2. The largest absolute Gasteiger partial charge is 0.378 e. The fourth-order valence-corrected chi connectivity index (χ4v) is 7.01. The van der Waals surface area contributed by atoms with E-state index in [1.54, 1.807) is 22.6 Å². The van der Waals surface area contributed by atoms with Crippen LogP contribution in [0.15, 0.2) is 41.4 Å². The molecule has 1 unspecified atom stereocenters. The lowest BCUT2D eigenvalue weighted by molar-refractivity contribution is -0.143. The van der Waals surface area contributed by atoms with Crippen LogP contribution in [0.25, 0.3) is 10.9 Å². The van der Waals surface area contributed by atoms with Crippen LogP contribution in [0.5, 0.6) is 0 Å². The number of fused-ring (bicyclic) bond motifs is 1. The summed E-state index contributed by atoms with van der Waals surface area (Å²) < 4.78 is 40.0. The highest BCUT2D eigenvalue weighted by Crippen LogP contribution is 2.40. The van der Waals surface area contributed by atoms with Crippen molar-refractivity contribution in [3.63, 3.8) is 0 Å². The highest BCUT2D eigenvalue weighted by Gasteiger charge is 2.43. The van der Waals surface area contributed by atoms with Crippen molar-refractivity contribution in [2.75, 3.05) is 46.0 Å². The molecule has 0 aliphatic carbocycles. The van der Waals surface area contributed by atoms with Crippen molar-refractivity contribution >= 4 is 26.8 Å². The summed E-state index contributed by atoms with van der Waals surface area (Å²) in [5.74, 6) is 0.475. The van der Waals surface area contributed by atoms with E-state index in [-0.39, 0.29) is 22.3 Å². The molecule has 3 saturated heterocycles. The molecule has 4 heterocycles. The van der Waals surface area contributed by atoms with E-state index in [2.05, 4.69) is 4.98 Å². The minimum atomic E-state index is -3.65. The van der Waals surface area contributed by atoms with Gasteiger partial charge >= 0.3 is 0 Å². The highest BCUT2D eigenvalue weighted by molar-refractivity contribution is 7.89. The first-order valence-electron chi connectivity index (χ1n) is 11.8. The van der Waals surface area contributed by atoms with E-state index < -0.39 is 10.0 Å². The van der Waals surface area contributed by atoms with Crippen LogP contribution in [0.2, 0.25) is 0 Å². The molecule has 1 amide bonds. The number of sulfonamides is 1. The number of para-hydroxylation sites is 1. The summed E-state index contributed by atoms with van der Waals surface area (Å²) in [7, 11) is -3.65. The molecule has 1 atom stereocenters. The molecule has 178 valence electrons. The van der Waals surface area contributed by atoms with Gasteiger partial charge in [0.1, 0.15) is 4.90 Å². The number of pyridine rings is 1. The SMILES string of the molecule is O=C(CC1CCOC2(CCN(S(=O)(=O)c3cccc4cccnc34)CC2)C1)N1CCOCC1. The van der Waals surface area contributed by atoms with Crippen LogP contribution in [0.4, 0.5) is 0 Å². The standard InChI is InChI=1S/C24H31N3O5S/c28-22(26-12-15-31-16-13-26)17-19-6-14-32-24(18-19)7-10-27(11-8-24)33(29,30)21-5-1-3-20-4-2-9-25-23(20)21/h1-5,9,19H,6-8,10-18H2. The van der Waals surface area contributed by atoms with E-state index in [1.165, 1.54) is 0 Å². The van der Waals surface area contributed by atoms with Crippen LogP contribution in [0, 0.1) is 5.92 Å². The molecule has 1 aromatic heterocycles. The number of aromatic nitrogens is 1. The molecule has 0 bridgehead atoms. The minimum Gasteiger partial charge on any atom is -0.378 e. The first kappa shape index (κ1) is 22.7. The molecule has 1 spiro atoms. The highest BCUT2D eigenvalue weighted by atomic mass is 32.2. The molecule has 1 aromatic carbocycles. The normalized spacial score (nSPS) is 24.2. The summed E-state index contributed by atoms with van der Waals surface area (Å²) in [4.78, 5) is 19.2. The van der Waals surface area contributed by atoms with E-state index in [4.69, 9.17) is 9.47 Å². The molecular formula is C24H31N3O5S. The number of hydrogen-bond acceptors (Lipinski definition) is 6. The Kier molecular flexibility index (Phi) is 6.39. The predicted octanol–water partition coefficient (Wildman–Crippen LogP) is 2.43. The molecule has 8 nitrogen and oxygen atoms in total. The van der Waals surface area contributed by atoms with Crippen LogP contribution < -0.4 is 0 Å². The Morgan fingerprint density at radius 3 is 2.61 bits per heavy atom. The quantitative estimate of drug-likeness (QED) is 0.678. The number of carbonyl (C=O) groups excluding carboxylic acids is 1. The second kappa shape index (κ2) is 9.29. The van der Waals surface area contributed by atoms with Crippen molar-refractivity contribution in [2.45, 2.75) is 42.6 Å². The molecule has 5 rings (SSSR count). The third-order valence-electron chi connectivity index (χ3n) is 7.27. The van der Waals surface area contributed by atoms with E-state index >= 15 is 0 Å². The number of rotatable bonds is 4. The van der Waals surface area contributed by atoms with Gasteiger partial charge in [-0.1, -0.05) is 18.2 Å². The third kappa shape index (κ3) is 4.64. The van der Waals surface area contributed by atoms with Crippen LogP contribution in [-0.2, 0) is 24.3 Å². The number of amides is 1. The number of piperidine rings is 1. The zero-order chi connectivity index (χ0) is 22.9. The Bertz CT molecular complexity index is 1100. The van der Waals surface area contributed by atoms with Crippen molar-refractivity contribution in [2.24, 2.45) is 5.92 Å². The van der Waals surface area contributed by atoms with Gasteiger partial charge in [-0.2, -0.15) is 4.31 Å². The van der Waals surface area contributed by atoms with Crippen molar-refractivity contribution in [1.82, 2.24) is 14.2 Å². The monoisotopic (exact) mass is 473 g/mol. The van der Waals surface area contributed by atoms with Crippen molar-refractivity contribution in [3.8, 4) is 0 Å². The second-order valence-electron chi connectivity index (χ2n) is 9.32. The summed E-state index contributed by atoms with van der Waals surface area (Å²) >= 11 is 0. The fraction of sp³-hybridized carbons (Fsp3) is 0.583. The minimum absolute atomic E-state index is 0.198. The van der Waals surface area contributed by atoms with Gasteiger partial charge in [-0.25, -0.2) is 8.42 Å². The van der Waals surface area contributed by atoms with Crippen LogP contribution in [-0.4, -0.2) is 80.1 Å². The predicted molar refractivity (Wildman–Crippen MR) is 123 cm³/mol. The number of morpholine rings is 1. The fourth-order valence-electron chi connectivity index (χ4n) is 5.40. The van der Waals surface area contributed by atoms with E-state index in [0.717, 1.165) is 18.2 Å². The summed E-state index contributed by atoms with van der Waals surface area (Å²) in [5.41, 5.74) is 0.174. The van der Waals surface area contributed by atoms with E-state index in [1.807, 2.05) is 23.1 Å². The number of benzene rings is 1. The molecule has 33 heavy (non-hydrogen) atoms. The van der Waals surface area contributed by atoms with Crippen molar-refractivity contribution < 1.29 is 22.7 Å². The molecule has 9 heteroatoms. The maximum atomic E-state index is 13.4. The van der Waals surface area contributed by atoms with Gasteiger partial charge in [0, 0.05) is 50.8 Å². The Morgan fingerprint density at radius 2 is 1.82 bits per heavy atom. The molecule has 0 radical (unpaired) electrons. The van der Waals surface area contributed by atoms with Gasteiger partial charge < -0.3 is 14.4 Å².